The third kappa shape index (κ3) is 11.7. The van der Waals surface area contributed by atoms with E-state index in [1.165, 1.54) is 15.4 Å². The third-order valence-corrected chi connectivity index (χ3v) is 9.62. The average molecular weight is 772 g/mol. The summed E-state index contributed by atoms with van der Waals surface area (Å²) in [5.74, 6) is -0.579. The largest absolute Gasteiger partial charge is 0.443 e. The summed E-state index contributed by atoms with van der Waals surface area (Å²) < 4.78 is 11.0. The minimum atomic E-state index is -0.659. The first-order chi connectivity index (χ1) is 26.9. The van der Waals surface area contributed by atoms with E-state index in [4.69, 9.17) is 9.47 Å². The summed E-state index contributed by atoms with van der Waals surface area (Å²) in [6.45, 7) is 12.7. The highest BCUT2D eigenvalue weighted by atomic mass is 16.6. The maximum atomic E-state index is 12.9. The number of amides is 4. The van der Waals surface area contributed by atoms with Gasteiger partial charge in [-0.05, 0) is 94.2 Å². The molecule has 9 heteroatoms. The monoisotopic (exact) mass is 771 g/mol. The van der Waals surface area contributed by atoms with Crippen LogP contribution in [-0.2, 0) is 31.9 Å². The molecule has 300 valence electrons. The van der Waals surface area contributed by atoms with Gasteiger partial charge >= 0.3 is 12.2 Å². The van der Waals surface area contributed by atoms with Crippen LogP contribution in [0.15, 0.2) is 121 Å². The van der Waals surface area contributed by atoms with E-state index in [1.807, 2.05) is 83.1 Å². The van der Waals surface area contributed by atoms with E-state index in [0.29, 0.717) is 31.3 Å². The highest BCUT2D eigenvalue weighted by Crippen LogP contribution is 2.31. The molecular formula is C48H57N3O6. The van der Waals surface area contributed by atoms with E-state index in [0.717, 1.165) is 27.8 Å². The Morgan fingerprint density at radius 1 is 0.632 bits per heavy atom. The molecule has 57 heavy (non-hydrogen) atoms. The number of imide groups is 2. The van der Waals surface area contributed by atoms with Gasteiger partial charge in [-0.1, -0.05) is 116 Å². The summed E-state index contributed by atoms with van der Waals surface area (Å²) in [5, 5.41) is 0. The molecule has 3 atom stereocenters. The maximum Gasteiger partial charge on any atom is 0.417 e. The SMILES string of the molecule is CC1C[C@@H](Cc2ccc(-c3ccccc3)cc2)N(C(=O)OC(C)(C)C)C1=O.CN(C)C=C1C[C@@H](Cc2ccc(-c3ccccc3)cc2)N(C(=O)OC(C)(C)C)C1=O. The summed E-state index contributed by atoms with van der Waals surface area (Å²) in [5.41, 5.74) is 6.14. The zero-order valence-corrected chi connectivity index (χ0v) is 34.8. The van der Waals surface area contributed by atoms with Gasteiger partial charge in [0.05, 0.1) is 6.04 Å². The van der Waals surface area contributed by atoms with E-state index in [9.17, 15) is 19.2 Å². The molecule has 0 saturated carbocycles. The van der Waals surface area contributed by atoms with Crippen LogP contribution in [0.3, 0.4) is 0 Å². The fourth-order valence-corrected chi connectivity index (χ4v) is 7.11. The van der Waals surface area contributed by atoms with Crippen molar-refractivity contribution >= 4 is 24.0 Å². The van der Waals surface area contributed by atoms with Gasteiger partial charge < -0.3 is 14.4 Å². The van der Waals surface area contributed by atoms with Crippen LogP contribution in [0.5, 0.6) is 0 Å². The molecule has 2 fully saturated rings. The molecular weight excluding hydrogens is 715 g/mol. The lowest BCUT2D eigenvalue weighted by Crippen LogP contribution is -2.43. The molecule has 0 aliphatic carbocycles. The molecule has 1 unspecified atom stereocenters. The van der Waals surface area contributed by atoms with Gasteiger partial charge in [-0.2, -0.15) is 0 Å². The van der Waals surface area contributed by atoms with Gasteiger partial charge in [0.1, 0.15) is 11.2 Å². The molecule has 4 aromatic rings. The predicted molar refractivity (Wildman–Crippen MR) is 225 cm³/mol. The highest BCUT2D eigenvalue weighted by Gasteiger charge is 2.43. The molecule has 9 nitrogen and oxygen atoms in total. The number of hydrogen-bond acceptors (Lipinski definition) is 7. The molecule has 0 aromatic heterocycles. The van der Waals surface area contributed by atoms with Crippen LogP contribution in [0.2, 0.25) is 0 Å². The Kier molecular flexibility index (Phi) is 13.4. The van der Waals surface area contributed by atoms with E-state index < -0.39 is 23.4 Å². The highest BCUT2D eigenvalue weighted by molar-refractivity contribution is 6.05. The number of benzene rings is 4. The summed E-state index contributed by atoms with van der Waals surface area (Å²) in [4.78, 5) is 55.2. The van der Waals surface area contributed by atoms with Crippen molar-refractivity contribution in [3.63, 3.8) is 0 Å². The Morgan fingerprint density at radius 2 is 1.04 bits per heavy atom. The van der Waals surface area contributed by atoms with Gasteiger partial charge in [0, 0.05) is 44.2 Å². The molecule has 2 heterocycles. The van der Waals surface area contributed by atoms with Crippen LogP contribution >= 0.6 is 0 Å². The Hall–Kier alpha value is -5.70. The van der Waals surface area contributed by atoms with Crippen LogP contribution in [-0.4, -0.2) is 76.1 Å². The van der Waals surface area contributed by atoms with Crippen molar-refractivity contribution < 1.29 is 28.7 Å². The Balaban J connectivity index is 0.000000219. The zero-order valence-electron chi connectivity index (χ0n) is 34.8. The Morgan fingerprint density at radius 3 is 1.46 bits per heavy atom. The molecule has 2 aliphatic rings. The number of carbonyl (C=O) groups excluding carboxylic acids is 4. The van der Waals surface area contributed by atoms with Crippen molar-refractivity contribution in [3.05, 3.63) is 132 Å². The minimum Gasteiger partial charge on any atom is -0.443 e. The van der Waals surface area contributed by atoms with Crippen LogP contribution in [0.4, 0.5) is 9.59 Å². The summed E-state index contributed by atoms with van der Waals surface area (Å²) in [7, 11) is 3.74. The Bertz CT molecular complexity index is 2030. The smallest absolute Gasteiger partial charge is 0.417 e. The lowest BCUT2D eigenvalue weighted by atomic mass is 9.98. The summed E-state index contributed by atoms with van der Waals surface area (Å²) in [6, 6.07) is 36.6. The van der Waals surface area contributed by atoms with E-state index in [-0.39, 0.29) is 29.8 Å². The number of likely N-dealkylation sites (tertiary alicyclic amines) is 2. The van der Waals surface area contributed by atoms with Crippen molar-refractivity contribution in [2.24, 2.45) is 5.92 Å². The molecule has 0 bridgehead atoms. The number of hydrogen-bond donors (Lipinski definition) is 0. The van der Waals surface area contributed by atoms with Crippen LogP contribution in [0.25, 0.3) is 22.3 Å². The molecule has 2 aliphatic heterocycles. The minimum absolute atomic E-state index is 0.143. The van der Waals surface area contributed by atoms with Crippen LogP contribution in [0, 0.1) is 5.92 Å². The Labute approximate surface area is 338 Å². The second-order valence-electron chi connectivity index (χ2n) is 17.1. The van der Waals surface area contributed by atoms with E-state index in [1.54, 1.807) is 27.0 Å². The fourth-order valence-electron chi connectivity index (χ4n) is 7.11. The van der Waals surface area contributed by atoms with Crippen molar-refractivity contribution in [1.29, 1.82) is 0 Å². The lowest BCUT2D eigenvalue weighted by molar-refractivity contribution is -0.131. The summed E-state index contributed by atoms with van der Waals surface area (Å²) in [6.07, 6.45) is 3.08. The number of nitrogens with zero attached hydrogens (tertiary/aromatic N) is 3. The van der Waals surface area contributed by atoms with Crippen LogP contribution in [0.1, 0.15) is 72.4 Å². The normalized spacial score (nSPS) is 19.0. The molecule has 4 aromatic carbocycles. The molecule has 6 rings (SSSR count). The van der Waals surface area contributed by atoms with Gasteiger partial charge in [-0.15, -0.1) is 0 Å². The van der Waals surface area contributed by atoms with Crippen LogP contribution < -0.4 is 0 Å². The number of ether oxygens (including phenoxy) is 2. The number of rotatable bonds is 7. The molecule has 4 amide bonds. The number of carbonyl (C=O) groups is 4. The summed E-state index contributed by atoms with van der Waals surface area (Å²) >= 11 is 0. The van der Waals surface area contributed by atoms with Gasteiger partial charge in [-0.25, -0.2) is 19.4 Å². The quantitative estimate of drug-likeness (QED) is 0.173. The van der Waals surface area contributed by atoms with Crippen molar-refractivity contribution in [3.8, 4) is 22.3 Å². The van der Waals surface area contributed by atoms with E-state index >= 15 is 0 Å². The molecule has 0 spiro atoms. The molecule has 2 saturated heterocycles. The van der Waals surface area contributed by atoms with Gasteiger partial charge in [0.2, 0.25) is 5.91 Å². The van der Waals surface area contributed by atoms with Crippen molar-refractivity contribution in [1.82, 2.24) is 14.7 Å². The lowest BCUT2D eigenvalue weighted by Gasteiger charge is -2.27. The second-order valence-corrected chi connectivity index (χ2v) is 17.1. The van der Waals surface area contributed by atoms with Gasteiger partial charge in [-0.3, -0.25) is 9.59 Å². The predicted octanol–water partition coefficient (Wildman–Crippen LogP) is 9.95. The first kappa shape index (κ1) is 42.4. The fraction of sp³-hybridized carbons (Fsp3) is 0.375. The maximum absolute atomic E-state index is 12.9. The molecule has 0 radical (unpaired) electrons. The first-order valence-corrected chi connectivity index (χ1v) is 19.7. The van der Waals surface area contributed by atoms with E-state index in [2.05, 4.69) is 72.8 Å². The van der Waals surface area contributed by atoms with Crippen molar-refractivity contribution in [2.75, 3.05) is 14.1 Å². The van der Waals surface area contributed by atoms with Gasteiger partial charge in [0.25, 0.3) is 5.91 Å². The first-order valence-electron chi connectivity index (χ1n) is 19.7. The van der Waals surface area contributed by atoms with Gasteiger partial charge in [0.15, 0.2) is 0 Å². The second kappa shape index (κ2) is 18.0. The molecule has 0 N–H and O–H groups in total. The average Bonchev–Trinajstić information content (AvgIpc) is 3.60. The third-order valence-electron chi connectivity index (χ3n) is 9.62. The zero-order chi connectivity index (χ0) is 41.5. The topological polar surface area (TPSA) is 96.5 Å². The van der Waals surface area contributed by atoms with Crippen molar-refractivity contribution in [2.45, 2.75) is 97.4 Å². The standard InChI is InChI=1S/C25H30N2O3.C23H27NO3/c1-25(2,3)30-24(29)27-22(16-21(23(27)28)17-26(4)5)15-18-11-13-20(14-12-18)19-9-7-6-8-10-19;1-16-14-20(24(21(16)25)22(26)27-23(2,3)4)15-17-10-12-19(13-11-17)18-8-6-5-7-9-18/h6-14,17,22H,15-16H2,1-5H3;5-13,16,20H,14-15H2,1-4H3/t22-;16?,20-/m10/s1.